The van der Waals surface area contributed by atoms with Crippen molar-refractivity contribution in [3.05, 3.63) is 29.8 Å². The van der Waals surface area contributed by atoms with Crippen LogP contribution in [0.2, 0.25) is 0 Å². The Morgan fingerprint density at radius 1 is 1.43 bits per heavy atom. The minimum absolute atomic E-state index is 0.0976. The van der Waals surface area contributed by atoms with Gasteiger partial charge in [-0.2, -0.15) is 0 Å². The molecule has 1 fully saturated rings. The van der Waals surface area contributed by atoms with Gasteiger partial charge in [0.1, 0.15) is 5.75 Å². The topological polar surface area (TPSA) is 55.6 Å². The van der Waals surface area contributed by atoms with Crippen molar-refractivity contribution in [3.63, 3.8) is 0 Å². The molecule has 1 aliphatic heterocycles. The van der Waals surface area contributed by atoms with Crippen LogP contribution in [0.5, 0.6) is 5.75 Å². The van der Waals surface area contributed by atoms with E-state index in [1.54, 1.807) is 7.11 Å². The molecule has 21 heavy (non-hydrogen) atoms. The van der Waals surface area contributed by atoms with Gasteiger partial charge < -0.3 is 15.4 Å². The lowest BCUT2D eigenvalue weighted by Gasteiger charge is -2.24. The highest BCUT2D eigenvalue weighted by atomic mass is 16.5. The van der Waals surface area contributed by atoms with Crippen LogP contribution in [-0.4, -0.2) is 37.0 Å². The zero-order valence-electron chi connectivity index (χ0n) is 13.2. The van der Waals surface area contributed by atoms with Crippen LogP contribution in [0.4, 0.5) is 0 Å². The van der Waals surface area contributed by atoms with Crippen molar-refractivity contribution in [1.29, 1.82) is 0 Å². The Kier molecular flexibility index (Phi) is 5.23. The lowest BCUT2D eigenvalue weighted by atomic mass is 9.98. The monoisotopic (exact) mass is 290 g/mol. The summed E-state index contributed by atoms with van der Waals surface area (Å²) in [7, 11) is 1.67. The van der Waals surface area contributed by atoms with E-state index in [0.29, 0.717) is 5.92 Å². The molecule has 1 saturated heterocycles. The molecule has 1 amide bonds. The summed E-state index contributed by atoms with van der Waals surface area (Å²) in [5, 5.41) is 0. The quantitative estimate of drug-likeness (QED) is 0.906. The van der Waals surface area contributed by atoms with E-state index < -0.39 is 0 Å². The predicted molar refractivity (Wildman–Crippen MR) is 84.4 cm³/mol. The number of benzene rings is 1. The van der Waals surface area contributed by atoms with Crippen LogP contribution < -0.4 is 10.5 Å². The van der Waals surface area contributed by atoms with Gasteiger partial charge in [0, 0.05) is 19.0 Å². The Labute approximate surface area is 127 Å². The lowest BCUT2D eigenvalue weighted by Crippen LogP contribution is -2.46. The summed E-state index contributed by atoms with van der Waals surface area (Å²) in [6.45, 7) is 5.69. The number of nitrogens with zero attached hydrogens (tertiary/aromatic N) is 1. The summed E-state index contributed by atoms with van der Waals surface area (Å²) >= 11 is 0. The Morgan fingerprint density at radius 2 is 2.10 bits per heavy atom. The van der Waals surface area contributed by atoms with E-state index >= 15 is 0 Å². The summed E-state index contributed by atoms with van der Waals surface area (Å²) in [6.07, 6.45) is 1.94. The fraction of sp³-hybridized carbons (Fsp3) is 0.588. The highest BCUT2D eigenvalue weighted by molar-refractivity contribution is 5.82. The van der Waals surface area contributed by atoms with Crippen LogP contribution >= 0.6 is 0 Å². The molecule has 1 heterocycles. The van der Waals surface area contributed by atoms with E-state index in [1.807, 2.05) is 24.0 Å². The number of rotatable bonds is 5. The molecule has 0 aliphatic carbocycles. The lowest BCUT2D eigenvalue weighted by molar-refractivity contribution is -0.132. The van der Waals surface area contributed by atoms with Crippen LogP contribution in [0.15, 0.2) is 24.3 Å². The standard InChI is InChI=1S/C17H26N2O2/c1-4-12(2)16(18)17(20)19-10-9-14(11-19)13-5-7-15(21-3)8-6-13/h5-8,12,14,16H,4,9-11,18H2,1-3H3. The molecule has 0 spiro atoms. The summed E-state index contributed by atoms with van der Waals surface area (Å²) in [6, 6.07) is 7.76. The van der Waals surface area contributed by atoms with Gasteiger partial charge in [-0.15, -0.1) is 0 Å². The third-order valence-electron chi connectivity index (χ3n) is 4.63. The third-order valence-corrected chi connectivity index (χ3v) is 4.63. The minimum atomic E-state index is -0.371. The van der Waals surface area contributed by atoms with E-state index in [2.05, 4.69) is 19.1 Å². The van der Waals surface area contributed by atoms with Gasteiger partial charge in [-0.1, -0.05) is 32.4 Å². The molecule has 2 N–H and O–H groups in total. The molecule has 0 aromatic heterocycles. The second-order valence-corrected chi connectivity index (χ2v) is 5.95. The van der Waals surface area contributed by atoms with E-state index in [1.165, 1.54) is 5.56 Å². The highest BCUT2D eigenvalue weighted by Crippen LogP contribution is 2.29. The summed E-state index contributed by atoms with van der Waals surface area (Å²) in [5.41, 5.74) is 7.33. The van der Waals surface area contributed by atoms with Crippen molar-refractivity contribution in [2.24, 2.45) is 11.7 Å². The average molecular weight is 290 g/mol. The van der Waals surface area contributed by atoms with Gasteiger partial charge in [0.05, 0.1) is 13.2 Å². The molecule has 0 saturated carbocycles. The highest BCUT2D eigenvalue weighted by Gasteiger charge is 2.31. The number of carbonyl (C=O) groups is 1. The number of hydrogen-bond acceptors (Lipinski definition) is 3. The molecule has 116 valence electrons. The van der Waals surface area contributed by atoms with Gasteiger partial charge in [0.2, 0.25) is 5.91 Å². The number of amides is 1. The van der Waals surface area contributed by atoms with Crippen molar-refractivity contribution in [1.82, 2.24) is 4.90 Å². The van der Waals surface area contributed by atoms with Gasteiger partial charge in [0.25, 0.3) is 0 Å². The fourth-order valence-corrected chi connectivity index (χ4v) is 2.82. The second kappa shape index (κ2) is 6.94. The summed E-state index contributed by atoms with van der Waals surface area (Å²) in [5.74, 6) is 1.60. The second-order valence-electron chi connectivity index (χ2n) is 5.95. The van der Waals surface area contributed by atoms with Gasteiger partial charge in [0.15, 0.2) is 0 Å². The first kappa shape index (κ1) is 15.8. The van der Waals surface area contributed by atoms with Gasteiger partial charge in [-0.05, 0) is 30.0 Å². The van der Waals surface area contributed by atoms with Crippen molar-refractivity contribution >= 4 is 5.91 Å². The normalized spacial score (nSPS) is 21.1. The molecule has 3 unspecified atom stereocenters. The molecule has 0 radical (unpaired) electrons. The average Bonchev–Trinajstić information content (AvgIpc) is 3.02. The first-order valence-corrected chi connectivity index (χ1v) is 7.75. The summed E-state index contributed by atoms with van der Waals surface area (Å²) < 4.78 is 5.18. The largest absolute Gasteiger partial charge is 0.497 e. The molecule has 2 rings (SSSR count). The predicted octanol–water partition coefficient (Wildman–Crippen LogP) is 2.38. The maximum absolute atomic E-state index is 12.4. The maximum Gasteiger partial charge on any atom is 0.239 e. The number of ether oxygens (including phenoxy) is 1. The molecule has 1 aromatic carbocycles. The van der Waals surface area contributed by atoms with E-state index in [-0.39, 0.29) is 17.9 Å². The minimum Gasteiger partial charge on any atom is -0.497 e. The zero-order valence-corrected chi connectivity index (χ0v) is 13.2. The van der Waals surface area contributed by atoms with Crippen LogP contribution in [0.1, 0.15) is 38.2 Å². The number of likely N-dealkylation sites (tertiary alicyclic amines) is 1. The maximum atomic E-state index is 12.4. The Balaban J connectivity index is 1.97. The van der Waals surface area contributed by atoms with Gasteiger partial charge in [-0.3, -0.25) is 4.79 Å². The Bertz CT molecular complexity index is 472. The SMILES string of the molecule is CCC(C)C(N)C(=O)N1CCC(c2ccc(OC)cc2)C1. The molecule has 1 aromatic rings. The Hall–Kier alpha value is -1.55. The van der Waals surface area contributed by atoms with E-state index in [4.69, 9.17) is 10.5 Å². The zero-order chi connectivity index (χ0) is 15.4. The van der Waals surface area contributed by atoms with Crippen molar-refractivity contribution < 1.29 is 9.53 Å². The number of nitrogens with two attached hydrogens (primary N) is 1. The smallest absolute Gasteiger partial charge is 0.239 e. The third kappa shape index (κ3) is 3.56. The molecular formula is C17H26N2O2. The first-order valence-electron chi connectivity index (χ1n) is 7.75. The number of hydrogen-bond donors (Lipinski definition) is 1. The molecule has 4 heteroatoms. The van der Waals surface area contributed by atoms with Crippen LogP contribution in [-0.2, 0) is 4.79 Å². The van der Waals surface area contributed by atoms with E-state index in [9.17, 15) is 4.79 Å². The fourth-order valence-electron chi connectivity index (χ4n) is 2.82. The van der Waals surface area contributed by atoms with Crippen molar-refractivity contribution in [3.8, 4) is 5.75 Å². The van der Waals surface area contributed by atoms with E-state index in [0.717, 1.165) is 31.7 Å². The van der Waals surface area contributed by atoms with Crippen LogP contribution in [0.25, 0.3) is 0 Å². The molecule has 0 bridgehead atoms. The number of methoxy groups -OCH3 is 1. The molecular weight excluding hydrogens is 264 g/mol. The Morgan fingerprint density at radius 3 is 2.67 bits per heavy atom. The van der Waals surface area contributed by atoms with Crippen LogP contribution in [0, 0.1) is 5.92 Å². The number of carbonyl (C=O) groups excluding carboxylic acids is 1. The van der Waals surface area contributed by atoms with Crippen LogP contribution in [0.3, 0.4) is 0 Å². The molecule has 4 nitrogen and oxygen atoms in total. The summed E-state index contributed by atoms with van der Waals surface area (Å²) in [4.78, 5) is 14.3. The molecule has 1 aliphatic rings. The van der Waals surface area contributed by atoms with Crippen molar-refractivity contribution in [2.75, 3.05) is 20.2 Å². The molecule has 3 atom stereocenters. The van der Waals surface area contributed by atoms with Gasteiger partial charge >= 0.3 is 0 Å². The van der Waals surface area contributed by atoms with Gasteiger partial charge in [-0.25, -0.2) is 0 Å². The first-order chi connectivity index (χ1) is 10.1. The van der Waals surface area contributed by atoms with Crippen molar-refractivity contribution in [2.45, 2.75) is 38.6 Å².